The molecule has 6 heteroatoms. The van der Waals surface area contributed by atoms with Gasteiger partial charge in [0, 0.05) is 5.56 Å². The molecule has 0 radical (unpaired) electrons. The Kier molecular flexibility index (Phi) is 5.75. The summed E-state index contributed by atoms with van der Waals surface area (Å²) in [5.41, 5.74) is 3.06. The summed E-state index contributed by atoms with van der Waals surface area (Å²) in [7, 11) is 0. The molecule has 1 fully saturated rings. The fourth-order valence-electron chi connectivity index (χ4n) is 2.67. The van der Waals surface area contributed by atoms with Gasteiger partial charge in [0.25, 0.3) is 5.91 Å². The lowest BCUT2D eigenvalue weighted by Crippen LogP contribution is -2.21. The van der Waals surface area contributed by atoms with Gasteiger partial charge in [0.2, 0.25) is 0 Å². The molecule has 2 aromatic carbocycles. The van der Waals surface area contributed by atoms with Crippen molar-refractivity contribution in [3.05, 3.63) is 53.1 Å². The average molecular weight is 357 g/mol. The predicted molar refractivity (Wildman–Crippen MR) is 97.4 cm³/mol. The van der Waals surface area contributed by atoms with Crippen LogP contribution in [0.3, 0.4) is 0 Å². The molecular formula is C20H23NO5. The largest absolute Gasteiger partial charge is 0.506 e. The van der Waals surface area contributed by atoms with Crippen LogP contribution in [0.2, 0.25) is 0 Å². The van der Waals surface area contributed by atoms with Crippen molar-refractivity contribution in [3.8, 4) is 11.5 Å². The lowest BCUT2D eigenvalue weighted by atomic mass is 10.1. The van der Waals surface area contributed by atoms with Crippen molar-refractivity contribution in [2.24, 2.45) is 0 Å². The number of rotatable bonds is 5. The summed E-state index contributed by atoms with van der Waals surface area (Å²) in [6.07, 6.45) is 0.375. The van der Waals surface area contributed by atoms with Gasteiger partial charge in [0.1, 0.15) is 11.5 Å². The van der Waals surface area contributed by atoms with Crippen LogP contribution in [0, 0.1) is 13.8 Å². The summed E-state index contributed by atoms with van der Waals surface area (Å²) in [5.74, 6) is 0.288. The van der Waals surface area contributed by atoms with Crippen molar-refractivity contribution in [1.29, 1.82) is 0 Å². The summed E-state index contributed by atoms with van der Waals surface area (Å²) in [4.78, 5) is 12.2. The van der Waals surface area contributed by atoms with Gasteiger partial charge in [-0.3, -0.25) is 4.79 Å². The van der Waals surface area contributed by atoms with E-state index >= 15 is 0 Å². The third kappa shape index (κ3) is 4.53. The average Bonchev–Trinajstić information content (AvgIpc) is 2.65. The summed E-state index contributed by atoms with van der Waals surface area (Å²) < 4.78 is 16.7. The molecule has 138 valence electrons. The van der Waals surface area contributed by atoms with Crippen LogP contribution in [0.15, 0.2) is 36.4 Å². The number of hydrogen-bond acceptors (Lipinski definition) is 5. The van der Waals surface area contributed by atoms with Gasteiger partial charge in [-0.15, -0.1) is 0 Å². The second-order valence-electron chi connectivity index (χ2n) is 6.31. The second kappa shape index (κ2) is 8.21. The lowest BCUT2D eigenvalue weighted by Gasteiger charge is -2.24. The fourth-order valence-corrected chi connectivity index (χ4v) is 2.67. The number of ether oxygens (including phenoxy) is 3. The summed E-state index contributed by atoms with van der Waals surface area (Å²) in [5, 5.41) is 12.7. The van der Waals surface area contributed by atoms with E-state index in [9.17, 15) is 9.90 Å². The summed E-state index contributed by atoms with van der Waals surface area (Å²) in [6, 6.07) is 10.7. The standard InChI is InChI=1S/C20H23NO5/c1-13-4-5-14(2)18(10-13)26-12-19(23)21-16-11-15(6-7-17(16)22)20-24-8-3-9-25-20/h4-7,10-11,20,22H,3,8-9,12H2,1-2H3,(H,21,23). The van der Waals surface area contributed by atoms with Gasteiger partial charge in [0.15, 0.2) is 12.9 Å². The molecule has 0 spiro atoms. The Morgan fingerprint density at radius 1 is 1.19 bits per heavy atom. The molecule has 0 aromatic heterocycles. The Balaban J connectivity index is 1.64. The van der Waals surface area contributed by atoms with Crippen LogP contribution in [0.25, 0.3) is 0 Å². The van der Waals surface area contributed by atoms with Gasteiger partial charge < -0.3 is 24.6 Å². The van der Waals surface area contributed by atoms with E-state index in [4.69, 9.17) is 14.2 Å². The molecule has 0 unspecified atom stereocenters. The third-order valence-corrected chi connectivity index (χ3v) is 4.10. The van der Waals surface area contributed by atoms with Crippen molar-refractivity contribution < 1.29 is 24.1 Å². The minimum Gasteiger partial charge on any atom is -0.506 e. The molecule has 0 bridgehead atoms. The van der Waals surface area contributed by atoms with E-state index < -0.39 is 6.29 Å². The Labute approximate surface area is 152 Å². The van der Waals surface area contributed by atoms with Crippen molar-refractivity contribution in [3.63, 3.8) is 0 Å². The topological polar surface area (TPSA) is 77.0 Å². The van der Waals surface area contributed by atoms with E-state index in [-0.39, 0.29) is 18.3 Å². The molecule has 26 heavy (non-hydrogen) atoms. The van der Waals surface area contributed by atoms with Crippen LogP contribution in [-0.2, 0) is 14.3 Å². The zero-order valence-corrected chi connectivity index (χ0v) is 15.0. The number of carbonyl (C=O) groups is 1. The van der Waals surface area contributed by atoms with Crippen LogP contribution < -0.4 is 10.1 Å². The smallest absolute Gasteiger partial charge is 0.262 e. The molecule has 2 aromatic rings. The van der Waals surface area contributed by atoms with E-state index in [2.05, 4.69) is 5.32 Å². The third-order valence-electron chi connectivity index (χ3n) is 4.10. The van der Waals surface area contributed by atoms with E-state index in [1.54, 1.807) is 12.1 Å². The highest BCUT2D eigenvalue weighted by Crippen LogP contribution is 2.30. The van der Waals surface area contributed by atoms with Crippen molar-refractivity contribution >= 4 is 11.6 Å². The first-order chi connectivity index (χ1) is 12.5. The molecule has 1 heterocycles. The zero-order chi connectivity index (χ0) is 18.5. The first-order valence-corrected chi connectivity index (χ1v) is 8.59. The molecule has 1 amide bonds. The lowest BCUT2D eigenvalue weighted by molar-refractivity contribution is -0.183. The van der Waals surface area contributed by atoms with Gasteiger partial charge in [-0.2, -0.15) is 0 Å². The number of aryl methyl sites for hydroxylation is 2. The van der Waals surface area contributed by atoms with Gasteiger partial charge in [-0.25, -0.2) is 0 Å². The highest BCUT2D eigenvalue weighted by atomic mass is 16.7. The van der Waals surface area contributed by atoms with Crippen LogP contribution >= 0.6 is 0 Å². The summed E-state index contributed by atoms with van der Waals surface area (Å²) in [6.45, 7) is 4.98. The van der Waals surface area contributed by atoms with Crippen molar-refractivity contribution in [2.45, 2.75) is 26.6 Å². The number of anilines is 1. The normalized spacial score (nSPS) is 14.8. The SMILES string of the molecule is Cc1ccc(C)c(OCC(=O)Nc2cc(C3OCCCO3)ccc2O)c1. The number of phenols is 1. The predicted octanol–water partition coefficient (Wildman–Crippen LogP) is 3.46. The molecule has 0 atom stereocenters. The number of amides is 1. The maximum Gasteiger partial charge on any atom is 0.262 e. The molecule has 2 N–H and O–H groups in total. The van der Waals surface area contributed by atoms with Crippen molar-refractivity contribution in [1.82, 2.24) is 0 Å². The summed E-state index contributed by atoms with van der Waals surface area (Å²) >= 11 is 0. The number of carbonyl (C=O) groups excluding carboxylic acids is 1. The second-order valence-corrected chi connectivity index (χ2v) is 6.31. The van der Waals surface area contributed by atoms with Crippen LogP contribution in [0.1, 0.15) is 29.4 Å². The first-order valence-electron chi connectivity index (χ1n) is 8.59. The number of nitrogens with one attached hydrogen (secondary N) is 1. The zero-order valence-electron chi connectivity index (χ0n) is 15.0. The minimum atomic E-state index is -0.480. The highest BCUT2D eigenvalue weighted by molar-refractivity contribution is 5.93. The molecule has 3 rings (SSSR count). The number of phenolic OH excluding ortho intramolecular Hbond substituents is 1. The highest BCUT2D eigenvalue weighted by Gasteiger charge is 2.18. The molecule has 0 aliphatic carbocycles. The van der Waals surface area contributed by atoms with E-state index in [0.717, 1.165) is 23.1 Å². The molecule has 1 aliphatic rings. The van der Waals surface area contributed by atoms with Gasteiger partial charge in [-0.05, 0) is 49.6 Å². The van der Waals surface area contributed by atoms with E-state index in [0.29, 0.717) is 24.7 Å². The number of hydrogen-bond donors (Lipinski definition) is 2. The van der Waals surface area contributed by atoms with Crippen LogP contribution in [0.4, 0.5) is 5.69 Å². The number of benzene rings is 2. The minimum absolute atomic E-state index is 0.0235. The van der Waals surface area contributed by atoms with Gasteiger partial charge >= 0.3 is 0 Å². The van der Waals surface area contributed by atoms with Crippen molar-refractivity contribution in [2.75, 3.05) is 25.1 Å². The van der Waals surface area contributed by atoms with E-state index in [1.165, 1.54) is 6.07 Å². The molecule has 1 saturated heterocycles. The maximum atomic E-state index is 12.2. The monoisotopic (exact) mass is 357 g/mol. The van der Waals surface area contributed by atoms with Crippen LogP contribution in [0.5, 0.6) is 11.5 Å². The quantitative estimate of drug-likeness (QED) is 0.802. The first kappa shape index (κ1) is 18.2. The Bertz CT molecular complexity index is 784. The Hall–Kier alpha value is -2.57. The van der Waals surface area contributed by atoms with Crippen LogP contribution in [-0.4, -0.2) is 30.8 Å². The molecule has 6 nitrogen and oxygen atoms in total. The fraction of sp³-hybridized carbons (Fsp3) is 0.350. The van der Waals surface area contributed by atoms with Gasteiger partial charge in [0.05, 0.1) is 18.9 Å². The Morgan fingerprint density at radius 2 is 1.96 bits per heavy atom. The Morgan fingerprint density at radius 3 is 2.73 bits per heavy atom. The maximum absolute atomic E-state index is 12.2. The molecular weight excluding hydrogens is 334 g/mol. The van der Waals surface area contributed by atoms with Gasteiger partial charge in [-0.1, -0.05) is 18.2 Å². The molecule has 0 saturated carbocycles. The van der Waals surface area contributed by atoms with E-state index in [1.807, 2.05) is 32.0 Å². The molecule has 1 aliphatic heterocycles. The number of aromatic hydroxyl groups is 1.